The minimum atomic E-state index is -0.849. The molecule has 1 fully saturated rings. The van der Waals surface area contributed by atoms with E-state index in [1.807, 2.05) is 0 Å². The molecule has 2 aliphatic rings. The third-order valence-corrected chi connectivity index (χ3v) is 4.19. The third-order valence-electron chi connectivity index (χ3n) is 4.19. The molecule has 24 heavy (non-hydrogen) atoms. The van der Waals surface area contributed by atoms with Crippen LogP contribution in [0.4, 0.5) is 0 Å². The highest BCUT2D eigenvalue weighted by Crippen LogP contribution is 2.22. The van der Waals surface area contributed by atoms with E-state index in [0.29, 0.717) is 30.6 Å². The summed E-state index contributed by atoms with van der Waals surface area (Å²) in [4.78, 5) is 42.8. The van der Waals surface area contributed by atoms with Crippen molar-refractivity contribution in [1.82, 2.24) is 14.9 Å². The summed E-state index contributed by atoms with van der Waals surface area (Å²) in [6, 6.07) is 6.56. The molecule has 10 nitrogen and oxygen atoms in total. The third kappa shape index (κ3) is 2.23. The fraction of sp³-hybridized carbons (Fsp3) is 0.357. The highest BCUT2D eigenvalue weighted by Gasteiger charge is 2.37. The Morgan fingerprint density at radius 3 is 2.50 bits per heavy atom. The Morgan fingerprint density at radius 2 is 1.92 bits per heavy atom. The number of nitrogens with zero attached hydrogens (tertiary/aromatic N) is 4. The second-order valence-corrected chi connectivity index (χ2v) is 5.65. The van der Waals surface area contributed by atoms with Gasteiger partial charge in [0.25, 0.3) is 11.8 Å². The normalized spacial score (nSPS) is 20.1. The largest absolute Gasteiger partial charge is 0.481 e. The predicted molar refractivity (Wildman–Crippen MR) is 76.8 cm³/mol. The van der Waals surface area contributed by atoms with Crippen molar-refractivity contribution in [3.05, 3.63) is 35.4 Å². The number of fused-ring (bicyclic) bond motifs is 1. The Bertz CT molecular complexity index is 783. The van der Waals surface area contributed by atoms with Gasteiger partial charge in [0.15, 0.2) is 0 Å². The van der Waals surface area contributed by atoms with Crippen molar-refractivity contribution in [2.24, 2.45) is 5.92 Å². The second-order valence-electron chi connectivity index (χ2n) is 5.65. The van der Waals surface area contributed by atoms with Gasteiger partial charge in [-0.1, -0.05) is 12.1 Å². The van der Waals surface area contributed by atoms with Crippen molar-refractivity contribution in [1.29, 1.82) is 0 Å². The molecule has 1 saturated heterocycles. The lowest BCUT2D eigenvalue weighted by molar-refractivity contribution is -0.141. The van der Waals surface area contributed by atoms with Crippen LogP contribution in [0, 0.1) is 5.92 Å². The van der Waals surface area contributed by atoms with Gasteiger partial charge in [-0.3, -0.25) is 19.4 Å². The van der Waals surface area contributed by atoms with Crippen molar-refractivity contribution in [3.8, 4) is 0 Å². The molecule has 1 N–H and O–H groups in total. The summed E-state index contributed by atoms with van der Waals surface area (Å²) in [5.74, 6) is -2.14. The zero-order chi connectivity index (χ0) is 16.8. The number of amides is 2. The molecule has 4 rings (SSSR count). The molecule has 126 valence electrons. The number of carbonyl (C=O) groups is 3. The molecule has 1 aromatic heterocycles. The number of hydrogen-bond donors (Lipinski definition) is 1. The first-order valence-corrected chi connectivity index (χ1v) is 7.40. The van der Waals surface area contributed by atoms with Gasteiger partial charge in [-0.2, -0.15) is 4.63 Å². The summed E-state index contributed by atoms with van der Waals surface area (Å²) in [6.45, 7) is 0.533. The van der Waals surface area contributed by atoms with Crippen LogP contribution in [0.3, 0.4) is 0 Å². The number of aliphatic carboxylic acids is 1. The Hall–Kier alpha value is -3.17. The topological polar surface area (TPSA) is 110 Å². The maximum absolute atomic E-state index is 12.2. The van der Waals surface area contributed by atoms with Crippen LogP contribution in [-0.2, 0) is 4.79 Å². The molecular formula is C14H14N4O6. The zero-order valence-electron chi connectivity index (χ0n) is 12.5. The van der Waals surface area contributed by atoms with Crippen molar-refractivity contribution in [2.75, 3.05) is 24.8 Å². The summed E-state index contributed by atoms with van der Waals surface area (Å²) >= 11 is 0. The number of carboxylic acids is 1. The number of aromatic nitrogens is 2. The van der Waals surface area contributed by atoms with E-state index in [1.165, 1.54) is 4.96 Å². The second kappa shape index (κ2) is 5.18. The van der Waals surface area contributed by atoms with E-state index < -0.39 is 23.7 Å². The van der Waals surface area contributed by atoms with Crippen LogP contribution in [0.2, 0.25) is 0 Å². The van der Waals surface area contributed by atoms with E-state index in [-0.39, 0.29) is 6.73 Å². The Kier molecular flexibility index (Phi) is 3.12. The number of benzene rings is 1. The van der Waals surface area contributed by atoms with E-state index in [0.717, 1.165) is 9.92 Å². The van der Waals surface area contributed by atoms with E-state index in [9.17, 15) is 14.4 Å². The number of carboxylic acid groups (broad SMARTS) is 1. The standard InChI is InChI=1S/C14H14N4O6/c19-12-10-3-1-2-4-11(10)13(20)16(12)8-23-18-17(24-18)15-6-5-9(7-15)14(21)22/h1-4,9H,5-8H2,(H,21,22). The van der Waals surface area contributed by atoms with Gasteiger partial charge in [-0.05, 0) is 18.6 Å². The molecule has 0 radical (unpaired) electrons. The number of imide groups is 1. The molecule has 1 atom stereocenters. The Labute approximate surface area is 135 Å². The first-order chi connectivity index (χ1) is 11.6. The van der Waals surface area contributed by atoms with Gasteiger partial charge < -0.3 is 9.94 Å². The maximum Gasteiger partial charge on any atom is 0.308 e. The van der Waals surface area contributed by atoms with Crippen LogP contribution in [0.5, 0.6) is 0 Å². The molecular weight excluding hydrogens is 320 g/mol. The maximum atomic E-state index is 12.2. The fourth-order valence-electron chi connectivity index (χ4n) is 2.84. The van der Waals surface area contributed by atoms with E-state index in [4.69, 9.17) is 14.6 Å². The minimum absolute atomic E-state index is 0.293. The van der Waals surface area contributed by atoms with E-state index in [2.05, 4.69) is 0 Å². The SMILES string of the molecule is O=C(O)C1CCN(n2on2OCN2C(=O)c3ccccc3C2=O)C1. The van der Waals surface area contributed by atoms with E-state index in [1.54, 1.807) is 29.3 Å². The van der Waals surface area contributed by atoms with Crippen LogP contribution in [-0.4, -0.2) is 57.6 Å². The van der Waals surface area contributed by atoms with Crippen LogP contribution in [0.15, 0.2) is 28.9 Å². The first kappa shape index (κ1) is 14.4. The van der Waals surface area contributed by atoms with Gasteiger partial charge >= 0.3 is 5.97 Å². The van der Waals surface area contributed by atoms with Gasteiger partial charge in [-0.25, -0.2) is 4.90 Å². The van der Waals surface area contributed by atoms with Crippen molar-refractivity contribution >= 4 is 17.8 Å². The number of carbonyl (C=O) groups excluding carboxylic acids is 2. The minimum Gasteiger partial charge on any atom is -0.481 e. The molecule has 3 heterocycles. The van der Waals surface area contributed by atoms with Crippen molar-refractivity contribution in [2.45, 2.75) is 6.42 Å². The van der Waals surface area contributed by atoms with Crippen molar-refractivity contribution in [3.63, 3.8) is 0 Å². The molecule has 0 bridgehead atoms. The molecule has 0 aliphatic carbocycles. The Morgan fingerprint density at radius 1 is 1.25 bits per heavy atom. The summed E-state index contributed by atoms with van der Waals surface area (Å²) in [6.07, 6.45) is 0.515. The molecule has 0 spiro atoms. The van der Waals surface area contributed by atoms with Gasteiger partial charge in [0.1, 0.15) is 5.02 Å². The molecule has 1 aromatic carbocycles. The summed E-state index contributed by atoms with van der Waals surface area (Å²) in [5.41, 5.74) is 0.692. The molecule has 2 amide bonds. The molecule has 2 aromatic rings. The highest BCUT2D eigenvalue weighted by molar-refractivity contribution is 6.21. The van der Waals surface area contributed by atoms with E-state index >= 15 is 0 Å². The molecule has 1 unspecified atom stereocenters. The lowest BCUT2D eigenvalue weighted by Crippen LogP contribution is -2.37. The zero-order valence-corrected chi connectivity index (χ0v) is 12.5. The lowest BCUT2D eigenvalue weighted by atomic mass is 10.1. The van der Waals surface area contributed by atoms with Crippen LogP contribution in [0.25, 0.3) is 0 Å². The predicted octanol–water partition coefficient (Wildman–Crippen LogP) is -0.393. The van der Waals surface area contributed by atoms with Gasteiger partial charge in [-0.15, -0.1) is 0 Å². The van der Waals surface area contributed by atoms with Crippen molar-refractivity contribution < 1.29 is 29.0 Å². The van der Waals surface area contributed by atoms with Crippen LogP contribution in [0.1, 0.15) is 27.1 Å². The fourth-order valence-corrected chi connectivity index (χ4v) is 2.84. The average Bonchev–Trinajstić information content (AvgIpc) is 3.09. The van der Waals surface area contributed by atoms with Gasteiger partial charge in [0.05, 0.1) is 23.6 Å². The van der Waals surface area contributed by atoms with Crippen LogP contribution >= 0.6 is 0 Å². The monoisotopic (exact) mass is 334 g/mol. The summed E-state index contributed by atoms with van der Waals surface area (Å²) < 4.78 is 5.06. The number of hydrogen-bond acceptors (Lipinski definition) is 6. The average molecular weight is 334 g/mol. The highest BCUT2D eigenvalue weighted by atomic mass is 17.0. The summed E-state index contributed by atoms with van der Waals surface area (Å²) in [5, 5.41) is 11.7. The lowest BCUT2D eigenvalue weighted by Gasteiger charge is -2.12. The quantitative estimate of drug-likeness (QED) is 0.741. The molecule has 2 aliphatic heterocycles. The summed E-state index contributed by atoms with van der Waals surface area (Å²) in [7, 11) is 0. The smallest absolute Gasteiger partial charge is 0.308 e. The van der Waals surface area contributed by atoms with Gasteiger partial charge in [0, 0.05) is 11.5 Å². The Balaban J connectivity index is 1.36. The molecule has 0 saturated carbocycles. The number of rotatable bonds is 5. The molecule has 10 heteroatoms. The van der Waals surface area contributed by atoms with Gasteiger partial charge in [0.2, 0.25) is 6.73 Å². The van der Waals surface area contributed by atoms with Crippen LogP contribution < -0.4 is 9.85 Å². The first-order valence-electron chi connectivity index (χ1n) is 7.40.